The van der Waals surface area contributed by atoms with E-state index in [1.165, 1.54) is 4.90 Å². The van der Waals surface area contributed by atoms with Gasteiger partial charge in [-0.3, -0.25) is 19.2 Å². The fraction of sp³-hybridized carbons (Fsp3) is 0.512. The van der Waals surface area contributed by atoms with Gasteiger partial charge in [-0.05, 0) is 49.8 Å². The Bertz CT molecular complexity index is 1910. The van der Waals surface area contributed by atoms with Crippen LogP contribution in [0.15, 0.2) is 79.9 Å². The molecule has 9 atom stereocenters. The minimum atomic E-state index is -1.41. The van der Waals surface area contributed by atoms with Crippen LogP contribution in [0.4, 0.5) is 0 Å². The number of alkyl halides is 1. The molecule has 3 aromatic rings. The second-order valence-electron chi connectivity index (χ2n) is 15.3. The molecule has 6 rings (SSSR count). The first kappa shape index (κ1) is 40.3. The zero-order valence-corrected chi connectivity index (χ0v) is 33.5. The topological polar surface area (TPSA) is 147 Å². The molecule has 3 aliphatic heterocycles. The molecule has 1 spiro atoms. The fourth-order valence-electron chi connectivity index (χ4n) is 8.68. The number of likely N-dealkylation sites (tertiary alicyclic amines) is 1. The van der Waals surface area contributed by atoms with E-state index in [9.17, 15) is 19.5 Å². The molecule has 0 aliphatic carbocycles. The number of aliphatic hydroxyl groups excluding tert-OH is 1. The van der Waals surface area contributed by atoms with Gasteiger partial charge in [0, 0.05) is 24.8 Å². The lowest BCUT2D eigenvalue weighted by molar-refractivity contribution is -0.165. The largest absolute Gasteiger partial charge is 0.455 e. The zero-order valence-electron chi connectivity index (χ0n) is 31.9. The Morgan fingerprint density at radius 2 is 1.82 bits per heavy atom. The Balaban J connectivity index is 1.38. The Hall–Kier alpha value is -4.40. The molecule has 0 saturated carbocycles. The minimum absolute atomic E-state index is 0.0148. The van der Waals surface area contributed by atoms with E-state index in [2.05, 4.69) is 39.4 Å². The maximum Gasteiger partial charge on any atom is 0.313 e. The highest BCUT2D eigenvalue weighted by molar-refractivity contribution is 9.09. The molecular weight excluding hydrogens is 768 g/mol. The van der Waals surface area contributed by atoms with Crippen molar-refractivity contribution in [2.45, 2.75) is 93.9 Å². The van der Waals surface area contributed by atoms with Crippen molar-refractivity contribution in [2.75, 3.05) is 20.2 Å². The number of allylic oxidation sites excluding steroid dienone is 1. The molecule has 3 saturated heterocycles. The molecule has 2 aromatic carbocycles. The summed E-state index contributed by atoms with van der Waals surface area (Å²) in [6.45, 7) is 13.2. The molecule has 3 fully saturated rings. The van der Waals surface area contributed by atoms with Crippen LogP contribution < -0.4 is 0 Å². The van der Waals surface area contributed by atoms with E-state index in [0.29, 0.717) is 23.9 Å². The number of hydrogen-bond acceptors (Lipinski definition) is 9. The van der Waals surface area contributed by atoms with E-state index in [0.717, 1.165) is 5.52 Å². The summed E-state index contributed by atoms with van der Waals surface area (Å²) in [5.74, 6) is -3.70. The second kappa shape index (κ2) is 16.8. The predicted octanol–water partition coefficient (Wildman–Crippen LogP) is 4.66. The molecule has 0 radical (unpaired) electrons. The van der Waals surface area contributed by atoms with Crippen molar-refractivity contribution in [1.29, 1.82) is 0 Å². The van der Waals surface area contributed by atoms with Crippen molar-refractivity contribution >= 4 is 50.7 Å². The molecule has 55 heavy (non-hydrogen) atoms. The van der Waals surface area contributed by atoms with E-state index < -0.39 is 65.6 Å². The second-order valence-corrected chi connectivity index (χ2v) is 16.5. The van der Waals surface area contributed by atoms with Gasteiger partial charge in [0.25, 0.3) is 0 Å². The van der Waals surface area contributed by atoms with Gasteiger partial charge in [-0.2, -0.15) is 0 Å². The Morgan fingerprint density at radius 3 is 2.49 bits per heavy atom. The highest BCUT2D eigenvalue weighted by atomic mass is 79.9. The number of ether oxygens (including phenoxy) is 2. The van der Waals surface area contributed by atoms with E-state index in [-0.39, 0.29) is 49.3 Å². The van der Waals surface area contributed by atoms with Crippen LogP contribution in [0.3, 0.4) is 0 Å². The van der Waals surface area contributed by atoms with Crippen molar-refractivity contribution in [2.24, 2.45) is 17.8 Å². The summed E-state index contributed by atoms with van der Waals surface area (Å²) in [5, 5.41) is 19.4. The molecule has 3 amide bonds. The molecule has 4 heterocycles. The first-order valence-corrected chi connectivity index (χ1v) is 19.8. The van der Waals surface area contributed by atoms with Gasteiger partial charge in [-0.25, -0.2) is 4.68 Å². The van der Waals surface area contributed by atoms with Crippen LogP contribution >= 0.6 is 15.9 Å². The maximum atomic E-state index is 15.1. The molecule has 1 unspecified atom stereocenters. The van der Waals surface area contributed by atoms with E-state index in [4.69, 9.17) is 9.47 Å². The number of halogens is 1. The maximum absolute atomic E-state index is 15.1. The Kier molecular flexibility index (Phi) is 12.3. The highest BCUT2D eigenvalue weighted by Gasteiger charge is 2.77. The summed E-state index contributed by atoms with van der Waals surface area (Å²) >= 11 is 3.76. The average Bonchev–Trinajstić information content (AvgIpc) is 3.91. The van der Waals surface area contributed by atoms with Gasteiger partial charge >= 0.3 is 5.97 Å². The SMILES string of the molecule is C=CCCC(=O)N(C)[C@H](C)[C@H](OC(=O)[C@@H]1[C@H]2O[C@@]3(CC2Br)[C@H](C(=O)N(CC=C)Cn2nnc4ccccc42)N([C@@H](CO)CC(C)C)C(=O)[C@@H]13)c1ccccc1. The third-order valence-electron chi connectivity index (χ3n) is 11.3. The van der Waals surface area contributed by atoms with Crippen molar-refractivity contribution in [3.63, 3.8) is 0 Å². The number of nitrogens with zero attached hydrogens (tertiary/aromatic N) is 6. The van der Waals surface area contributed by atoms with Crippen LogP contribution in [0.25, 0.3) is 11.0 Å². The number of carbonyl (C=O) groups is 4. The first-order valence-electron chi connectivity index (χ1n) is 18.9. The lowest BCUT2D eigenvalue weighted by Crippen LogP contribution is -2.59. The summed E-state index contributed by atoms with van der Waals surface area (Å²) in [6.07, 6.45) is 3.10. The molecule has 1 aromatic heterocycles. The van der Waals surface area contributed by atoms with Crippen molar-refractivity contribution in [3.8, 4) is 0 Å². The summed E-state index contributed by atoms with van der Waals surface area (Å²) in [4.78, 5) is 62.1. The molecule has 3 aliphatic rings. The predicted molar refractivity (Wildman–Crippen MR) is 209 cm³/mol. The standard InChI is InChI=1S/C41H51BrN6O7/c1-7-9-19-32(50)45(6)26(5)35(27-15-11-10-12-16-27)54-40(53)33-34-38(51)48(28(23-49)21-25(3)4)37(41(34)22-29(42)36(33)55-41)39(52)46(20-8-2)24-47-31-18-14-13-17-30(31)43-44-47/h7-8,10-18,25-26,28-29,33-37,49H,1-2,9,19-24H2,3-6H3/t26-,28-,29?,33+,34-,35+,36+,37+,41-/m1/s1. The number of likely N-dealkylation sites (N-methyl/N-ethyl adjacent to an activating group) is 1. The normalized spacial score (nSPS) is 25.8. The van der Waals surface area contributed by atoms with Crippen LogP contribution in [0, 0.1) is 17.8 Å². The fourth-order valence-corrected chi connectivity index (χ4v) is 9.63. The van der Waals surface area contributed by atoms with Crippen molar-refractivity contribution < 1.29 is 33.8 Å². The molecule has 1 N–H and O–H groups in total. The zero-order chi connectivity index (χ0) is 39.6. The lowest BCUT2D eigenvalue weighted by atomic mass is 9.70. The van der Waals surface area contributed by atoms with Crippen molar-refractivity contribution in [1.82, 2.24) is 29.7 Å². The monoisotopic (exact) mass is 818 g/mol. The van der Waals surface area contributed by atoms with Gasteiger partial charge < -0.3 is 29.3 Å². The van der Waals surface area contributed by atoms with Crippen molar-refractivity contribution in [3.05, 3.63) is 85.5 Å². The third-order valence-corrected chi connectivity index (χ3v) is 12.2. The summed E-state index contributed by atoms with van der Waals surface area (Å²) in [6, 6.07) is 14.2. The Labute approximate surface area is 330 Å². The Morgan fingerprint density at radius 1 is 1.11 bits per heavy atom. The van der Waals surface area contributed by atoms with Gasteiger partial charge in [0.05, 0.1) is 42.1 Å². The number of carbonyl (C=O) groups excluding carboxylic acids is 4. The van der Waals surface area contributed by atoms with E-state index in [1.807, 2.05) is 75.4 Å². The van der Waals surface area contributed by atoms with E-state index >= 15 is 4.79 Å². The number of rotatable bonds is 17. The molecule has 294 valence electrons. The number of aromatic nitrogens is 3. The highest BCUT2D eigenvalue weighted by Crippen LogP contribution is 2.61. The van der Waals surface area contributed by atoms with Gasteiger partial charge in [0.1, 0.15) is 29.9 Å². The summed E-state index contributed by atoms with van der Waals surface area (Å²) in [5.41, 5.74) is 0.672. The summed E-state index contributed by atoms with van der Waals surface area (Å²) < 4.78 is 14.8. The summed E-state index contributed by atoms with van der Waals surface area (Å²) in [7, 11) is 1.68. The number of hydrogen-bond donors (Lipinski definition) is 1. The smallest absolute Gasteiger partial charge is 0.313 e. The van der Waals surface area contributed by atoms with Gasteiger partial charge in [0.2, 0.25) is 17.7 Å². The van der Waals surface area contributed by atoms with Crippen LogP contribution in [0.5, 0.6) is 0 Å². The molecule has 14 heteroatoms. The number of esters is 1. The molecule has 13 nitrogen and oxygen atoms in total. The number of amides is 3. The molecular formula is C41H51BrN6O7. The quantitative estimate of drug-likeness (QED) is 0.117. The lowest BCUT2D eigenvalue weighted by Gasteiger charge is -2.39. The number of para-hydroxylation sites is 1. The van der Waals surface area contributed by atoms with Gasteiger partial charge in [-0.1, -0.05) is 89.6 Å². The van der Waals surface area contributed by atoms with Crippen LogP contribution in [-0.4, -0.2) is 113 Å². The van der Waals surface area contributed by atoms with Crippen LogP contribution in [-0.2, 0) is 35.3 Å². The average molecular weight is 820 g/mol. The molecule has 2 bridgehead atoms. The van der Waals surface area contributed by atoms with Gasteiger partial charge in [0.15, 0.2) is 0 Å². The van der Waals surface area contributed by atoms with E-state index in [1.54, 1.807) is 33.7 Å². The number of benzene rings is 2. The first-order chi connectivity index (χ1) is 26.4. The minimum Gasteiger partial charge on any atom is -0.455 e. The van der Waals surface area contributed by atoms with Crippen LogP contribution in [0.2, 0.25) is 0 Å². The van der Waals surface area contributed by atoms with Crippen LogP contribution in [0.1, 0.15) is 58.1 Å². The number of aliphatic hydroxyl groups is 1. The van der Waals surface area contributed by atoms with Gasteiger partial charge in [-0.15, -0.1) is 18.3 Å². The third kappa shape index (κ3) is 7.48. The number of fused-ring (bicyclic) bond motifs is 2.